The van der Waals surface area contributed by atoms with Gasteiger partial charge in [0.1, 0.15) is 12.4 Å². The quantitative estimate of drug-likeness (QED) is 0.250. The van der Waals surface area contributed by atoms with E-state index in [1.54, 1.807) is 12.3 Å². The lowest BCUT2D eigenvalue weighted by Gasteiger charge is -2.10. The van der Waals surface area contributed by atoms with Gasteiger partial charge in [-0.3, -0.25) is 4.79 Å². The minimum atomic E-state index is -0.243. The summed E-state index contributed by atoms with van der Waals surface area (Å²) < 4.78 is 8.29. The number of hydrogen-bond donors (Lipinski definition) is 0. The Hall–Kier alpha value is -3.21. The van der Waals surface area contributed by atoms with Gasteiger partial charge in [0.2, 0.25) is 0 Å². The van der Waals surface area contributed by atoms with Gasteiger partial charge in [-0.15, -0.1) is 6.42 Å². The molecule has 4 aromatic rings. The lowest BCUT2D eigenvalue weighted by molar-refractivity contribution is 0.365. The first kappa shape index (κ1) is 21.0. The molecule has 0 N–H and O–H groups in total. The Kier molecular flexibility index (Phi) is 6.31. The summed E-state index contributed by atoms with van der Waals surface area (Å²) in [4.78, 5) is 17.9. The van der Waals surface area contributed by atoms with Crippen molar-refractivity contribution in [3.8, 4) is 29.5 Å². The predicted octanol–water partition coefficient (Wildman–Crippen LogP) is 5.48. The molecule has 31 heavy (non-hydrogen) atoms. The van der Waals surface area contributed by atoms with E-state index in [4.69, 9.17) is 16.1 Å². The smallest absolute Gasteiger partial charge is 0.282 e. The molecule has 0 spiro atoms. The van der Waals surface area contributed by atoms with Gasteiger partial charge in [-0.1, -0.05) is 48.4 Å². The lowest BCUT2D eigenvalue weighted by Crippen LogP contribution is -2.20. The molecule has 0 unspecified atom stereocenters. The molecule has 4 rings (SSSR count). The first-order valence-corrected chi connectivity index (χ1v) is 10.8. The first-order chi connectivity index (χ1) is 15.1. The first-order valence-electron chi connectivity index (χ1n) is 9.25. The van der Waals surface area contributed by atoms with E-state index in [0.29, 0.717) is 31.4 Å². The van der Waals surface area contributed by atoms with Crippen LogP contribution in [0.4, 0.5) is 0 Å². The van der Waals surface area contributed by atoms with Gasteiger partial charge in [-0.05, 0) is 61.7 Å². The monoisotopic (exact) mass is 535 g/mol. The van der Waals surface area contributed by atoms with Crippen LogP contribution in [0, 0.1) is 12.3 Å². The van der Waals surface area contributed by atoms with Crippen LogP contribution >= 0.6 is 31.9 Å². The van der Waals surface area contributed by atoms with Gasteiger partial charge < -0.3 is 4.74 Å². The molecule has 5 nitrogen and oxygen atoms in total. The minimum absolute atomic E-state index is 0.156. The number of nitrogens with zero attached hydrogens (tertiary/aromatic N) is 3. The van der Waals surface area contributed by atoms with Crippen LogP contribution in [-0.4, -0.2) is 22.5 Å². The molecule has 0 amide bonds. The van der Waals surface area contributed by atoms with Crippen molar-refractivity contribution in [1.29, 1.82) is 0 Å². The topological polar surface area (TPSA) is 56.5 Å². The maximum absolute atomic E-state index is 13.2. The van der Waals surface area contributed by atoms with Gasteiger partial charge >= 0.3 is 0 Å². The number of hydrogen-bond acceptors (Lipinski definition) is 4. The van der Waals surface area contributed by atoms with E-state index >= 15 is 0 Å². The van der Waals surface area contributed by atoms with E-state index in [-0.39, 0.29) is 12.2 Å². The molecule has 7 heteroatoms. The molecule has 3 aromatic carbocycles. The number of rotatable bonds is 5. The van der Waals surface area contributed by atoms with Crippen molar-refractivity contribution < 1.29 is 4.74 Å². The molecule has 152 valence electrons. The molecule has 0 saturated carbocycles. The fourth-order valence-corrected chi connectivity index (χ4v) is 4.49. The van der Waals surface area contributed by atoms with Crippen molar-refractivity contribution in [2.45, 2.75) is 0 Å². The number of aromatic nitrogens is 2. The van der Waals surface area contributed by atoms with E-state index in [9.17, 15) is 4.79 Å². The Balaban J connectivity index is 1.83. The van der Waals surface area contributed by atoms with Gasteiger partial charge in [0.15, 0.2) is 5.82 Å². The van der Waals surface area contributed by atoms with Gasteiger partial charge in [-0.2, -0.15) is 9.78 Å². The minimum Gasteiger partial charge on any atom is -0.479 e. The van der Waals surface area contributed by atoms with Crippen molar-refractivity contribution in [2.24, 2.45) is 5.10 Å². The molecular formula is C24H15Br2N3O2. The van der Waals surface area contributed by atoms with Crippen LogP contribution in [0.15, 0.2) is 85.6 Å². The van der Waals surface area contributed by atoms with Crippen LogP contribution in [0.1, 0.15) is 5.56 Å². The second-order valence-electron chi connectivity index (χ2n) is 6.49. The number of benzene rings is 3. The fraction of sp³-hybridized carbons (Fsp3) is 0.0417. The van der Waals surface area contributed by atoms with E-state index < -0.39 is 0 Å². The highest BCUT2D eigenvalue weighted by Gasteiger charge is 2.12. The summed E-state index contributed by atoms with van der Waals surface area (Å²) >= 11 is 6.97. The Morgan fingerprint density at radius 1 is 1.06 bits per heavy atom. The second-order valence-corrected chi connectivity index (χ2v) is 8.20. The maximum atomic E-state index is 13.2. The number of halogens is 2. The van der Waals surface area contributed by atoms with Crippen molar-refractivity contribution in [3.05, 3.63) is 91.6 Å². The number of fused-ring (bicyclic) bond motifs is 1. The largest absolute Gasteiger partial charge is 0.479 e. The van der Waals surface area contributed by atoms with Gasteiger partial charge in [0.05, 0.1) is 26.1 Å². The van der Waals surface area contributed by atoms with Crippen molar-refractivity contribution in [2.75, 3.05) is 6.61 Å². The summed E-state index contributed by atoms with van der Waals surface area (Å²) in [6.45, 7) is 0.156. The van der Waals surface area contributed by atoms with Crippen LogP contribution in [0.2, 0.25) is 0 Å². The highest BCUT2D eigenvalue weighted by molar-refractivity contribution is 9.11. The summed E-state index contributed by atoms with van der Waals surface area (Å²) in [7, 11) is 0. The zero-order valence-electron chi connectivity index (χ0n) is 16.1. The zero-order chi connectivity index (χ0) is 21.8. The molecule has 0 aliphatic carbocycles. The number of ether oxygens (including phenoxy) is 1. The Morgan fingerprint density at radius 2 is 1.74 bits per heavy atom. The molecule has 1 heterocycles. The van der Waals surface area contributed by atoms with Crippen molar-refractivity contribution in [1.82, 2.24) is 9.66 Å². The molecule has 0 fully saturated rings. The Bertz CT molecular complexity index is 1370. The molecule has 0 aliphatic rings. The summed E-state index contributed by atoms with van der Waals surface area (Å²) in [5.74, 6) is 3.51. The standard InChI is InChI=1S/C24H15Br2N3O2/c1-2-12-31-22-19(25)13-16(14-20(22)26)15-27-29-23(17-8-4-3-5-9-17)28-21-11-7-6-10-18(21)24(29)30/h1,3-11,13-15H,12H2. The lowest BCUT2D eigenvalue weighted by atomic mass is 10.2. The molecule has 0 saturated heterocycles. The summed E-state index contributed by atoms with van der Waals surface area (Å²) in [6, 6.07) is 20.4. The highest BCUT2D eigenvalue weighted by Crippen LogP contribution is 2.34. The summed E-state index contributed by atoms with van der Waals surface area (Å²) in [5, 5.41) is 4.98. The molecule has 1 aromatic heterocycles. The molecule has 0 aliphatic heterocycles. The molecular weight excluding hydrogens is 522 g/mol. The predicted molar refractivity (Wildman–Crippen MR) is 131 cm³/mol. The maximum Gasteiger partial charge on any atom is 0.282 e. The van der Waals surface area contributed by atoms with Gasteiger partial charge in [0.25, 0.3) is 5.56 Å². The van der Waals surface area contributed by atoms with E-state index in [1.165, 1.54) is 4.68 Å². The third kappa shape index (κ3) is 4.46. The van der Waals surface area contributed by atoms with Gasteiger partial charge in [-0.25, -0.2) is 4.98 Å². The average Bonchev–Trinajstić information content (AvgIpc) is 2.78. The van der Waals surface area contributed by atoms with Crippen molar-refractivity contribution in [3.63, 3.8) is 0 Å². The molecule has 0 bridgehead atoms. The SMILES string of the molecule is C#CCOc1c(Br)cc(C=Nn2c(-c3ccccc3)nc3ccccc3c2=O)cc1Br. The molecule has 0 atom stereocenters. The number of terminal acetylenes is 1. The number of para-hydroxylation sites is 1. The summed E-state index contributed by atoms with van der Waals surface area (Å²) in [5.41, 5.74) is 1.93. The van der Waals surface area contributed by atoms with Crippen LogP contribution in [0.25, 0.3) is 22.3 Å². The van der Waals surface area contributed by atoms with Crippen LogP contribution in [0.3, 0.4) is 0 Å². The van der Waals surface area contributed by atoms with E-state index in [1.807, 2.05) is 60.7 Å². The second kappa shape index (κ2) is 9.29. The van der Waals surface area contributed by atoms with E-state index in [2.05, 4.69) is 42.9 Å². The van der Waals surface area contributed by atoms with Crippen molar-refractivity contribution >= 4 is 49.0 Å². The summed E-state index contributed by atoms with van der Waals surface area (Å²) in [6.07, 6.45) is 6.87. The third-order valence-electron chi connectivity index (χ3n) is 4.43. The average molecular weight is 537 g/mol. The fourth-order valence-electron chi connectivity index (χ4n) is 3.04. The van der Waals surface area contributed by atoms with Crippen LogP contribution < -0.4 is 10.3 Å². The van der Waals surface area contributed by atoms with E-state index in [0.717, 1.165) is 11.1 Å². The zero-order valence-corrected chi connectivity index (χ0v) is 19.3. The Labute approximate surface area is 195 Å². The van der Waals surface area contributed by atoms with Gasteiger partial charge in [0, 0.05) is 5.56 Å². The highest BCUT2D eigenvalue weighted by atomic mass is 79.9. The Morgan fingerprint density at radius 3 is 2.45 bits per heavy atom. The van der Waals surface area contributed by atoms with Crippen LogP contribution in [-0.2, 0) is 0 Å². The van der Waals surface area contributed by atoms with Crippen LogP contribution in [0.5, 0.6) is 5.75 Å². The molecule has 0 radical (unpaired) electrons. The third-order valence-corrected chi connectivity index (χ3v) is 5.61. The normalized spacial score (nSPS) is 11.0.